The van der Waals surface area contributed by atoms with Gasteiger partial charge in [0.1, 0.15) is 0 Å². The normalized spacial score (nSPS) is 15.0. The summed E-state index contributed by atoms with van der Waals surface area (Å²) in [5, 5.41) is 0. The molecule has 0 saturated heterocycles. The third-order valence-corrected chi connectivity index (χ3v) is 3.50. The Kier molecular flexibility index (Phi) is 2.63. The van der Waals surface area contributed by atoms with Crippen LogP contribution in [0.5, 0.6) is 0 Å². The van der Waals surface area contributed by atoms with Crippen LogP contribution in [0.15, 0.2) is 23.1 Å². The third kappa shape index (κ3) is 2.08. The molecular weight excluding hydrogens is 176 g/mol. The summed E-state index contributed by atoms with van der Waals surface area (Å²) in [5.41, 5.74) is 3.06. The summed E-state index contributed by atoms with van der Waals surface area (Å²) in [6, 6.07) is 6.99. The van der Waals surface area contributed by atoms with Gasteiger partial charge in [0.2, 0.25) is 0 Å². The molecule has 0 saturated carbocycles. The average Bonchev–Trinajstić information content (AvgIpc) is 2.49. The SMILES string of the molecule is CC(C)Cc1ccc2c(c1)SCC2. The summed E-state index contributed by atoms with van der Waals surface area (Å²) in [6.07, 6.45) is 2.48. The van der Waals surface area contributed by atoms with Crippen LogP contribution in [-0.2, 0) is 12.8 Å². The maximum Gasteiger partial charge on any atom is 0.0107 e. The van der Waals surface area contributed by atoms with Crippen LogP contribution in [0.1, 0.15) is 25.0 Å². The molecule has 13 heavy (non-hydrogen) atoms. The van der Waals surface area contributed by atoms with Gasteiger partial charge in [-0.1, -0.05) is 26.0 Å². The Morgan fingerprint density at radius 2 is 2.23 bits per heavy atom. The smallest absolute Gasteiger partial charge is 0.0107 e. The lowest BCUT2D eigenvalue weighted by atomic mass is 10.0. The van der Waals surface area contributed by atoms with E-state index in [1.54, 1.807) is 5.56 Å². The van der Waals surface area contributed by atoms with Gasteiger partial charge < -0.3 is 0 Å². The van der Waals surface area contributed by atoms with Gasteiger partial charge >= 0.3 is 0 Å². The highest BCUT2D eigenvalue weighted by molar-refractivity contribution is 7.99. The van der Waals surface area contributed by atoms with Crippen LogP contribution in [-0.4, -0.2) is 5.75 Å². The maximum atomic E-state index is 2.38. The van der Waals surface area contributed by atoms with Crippen LogP contribution in [0.4, 0.5) is 0 Å². The molecule has 0 fully saturated rings. The van der Waals surface area contributed by atoms with Gasteiger partial charge in [0.15, 0.2) is 0 Å². The summed E-state index contributed by atoms with van der Waals surface area (Å²) in [6.45, 7) is 4.56. The van der Waals surface area contributed by atoms with Crippen molar-refractivity contribution >= 4 is 11.8 Å². The quantitative estimate of drug-likeness (QED) is 0.690. The zero-order valence-corrected chi connectivity index (χ0v) is 9.16. The lowest BCUT2D eigenvalue weighted by molar-refractivity contribution is 0.646. The van der Waals surface area contributed by atoms with E-state index in [1.165, 1.54) is 29.1 Å². The predicted octanol–water partition coefficient (Wildman–Crippen LogP) is 3.53. The first-order valence-electron chi connectivity index (χ1n) is 5.00. The molecule has 1 aromatic carbocycles. The maximum absolute atomic E-state index is 2.38. The highest BCUT2D eigenvalue weighted by atomic mass is 32.2. The van der Waals surface area contributed by atoms with E-state index in [1.807, 2.05) is 11.8 Å². The second-order valence-electron chi connectivity index (χ2n) is 4.14. The highest BCUT2D eigenvalue weighted by Crippen LogP contribution is 2.32. The fourth-order valence-electron chi connectivity index (χ4n) is 1.81. The van der Waals surface area contributed by atoms with Gasteiger partial charge in [0.25, 0.3) is 0 Å². The largest absolute Gasteiger partial charge is 0.126 e. The molecule has 70 valence electrons. The van der Waals surface area contributed by atoms with Gasteiger partial charge in [-0.05, 0) is 36.0 Å². The minimum atomic E-state index is 0.768. The summed E-state index contributed by atoms with van der Waals surface area (Å²) in [4.78, 5) is 1.53. The van der Waals surface area contributed by atoms with E-state index in [9.17, 15) is 0 Å². The van der Waals surface area contributed by atoms with Crippen molar-refractivity contribution in [2.75, 3.05) is 5.75 Å². The zero-order valence-electron chi connectivity index (χ0n) is 8.34. The van der Waals surface area contributed by atoms with Gasteiger partial charge in [-0.3, -0.25) is 0 Å². The molecule has 0 unspecified atom stereocenters. The van der Waals surface area contributed by atoms with Gasteiger partial charge in [-0.15, -0.1) is 11.8 Å². The Hall–Kier alpha value is -0.430. The summed E-state index contributed by atoms with van der Waals surface area (Å²) >= 11 is 2.01. The number of hydrogen-bond acceptors (Lipinski definition) is 1. The molecule has 0 bridgehead atoms. The Balaban J connectivity index is 2.21. The molecule has 1 aromatic rings. The summed E-state index contributed by atoms with van der Waals surface area (Å²) in [5.74, 6) is 2.05. The van der Waals surface area contributed by atoms with Crippen LogP contribution in [0.2, 0.25) is 0 Å². The Labute approximate surface area is 84.7 Å². The monoisotopic (exact) mass is 192 g/mol. The molecule has 0 spiro atoms. The molecule has 2 rings (SSSR count). The average molecular weight is 192 g/mol. The number of rotatable bonds is 2. The fourth-order valence-corrected chi connectivity index (χ4v) is 2.94. The molecule has 0 aromatic heterocycles. The second kappa shape index (κ2) is 3.75. The molecule has 0 N–H and O–H groups in total. The second-order valence-corrected chi connectivity index (χ2v) is 5.28. The van der Waals surface area contributed by atoms with Gasteiger partial charge in [-0.2, -0.15) is 0 Å². The van der Waals surface area contributed by atoms with E-state index in [4.69, 9.17) is 0 Å². The molecule has 0 atom stereocenters. The van der Waals surface area contributed by atoms with E-state index < -0.39 is 0 Å². The van der Waals surface area contributed by atoms with Crippen molar-refractivity contribution in [3.05, 3.63) is 29.3 Å². The topological polar surface area (TPSA) is 0 Å². The number of benzene rings is 1. The van der Waals surface area contributed by atoms with Crippen LogP contribution in [0.25, 0.3) is 0 Å². The van der Waals surface area contributed by atoms with E-state index in [2.05, 4.69) is 32.0 Å². The molecule has 1 aliphatic heterocycles. The minimum absolute atomic E-state index is 0.768. The fraction of sp³-hybridized carbons (Fsp3) is 0.500. The summed E-state index contributed by atoms with van der Waals surface area (Å²) < 4.78 is 0. The van der Waals surface area contributed by atoms with Gasteiger partial charge in [-0.25, -0.2) is 0 Å². The van der Waals surface area contributed by atoms with Crippen LogP contribution >= 0.6 is 11.8 Å². The zero-order chi connectivity index (χ0) is 9.26. The predicted molar refractivity (Wildman–Crippen MR) is 59.4 cm³/mol. The van der Waals surface area contributed by atoms with Crippen molar-refractivity contribution in [2.45, 2.75) is 31.6 Å². The number of thioether (sulfide) groups is 1. The lowest BCUT2D eigenvalue weighted by Gasteiger charge is -2.06. The molecule has 1 heteroatoms. The first-order chi connectivity index (χ1) is 6.25. The first-order valence-corrected chi connectivity index (χ1v) is 5.99. The molecule has 0 aliphatic carbocycles. The van der Waals surface area contributed by atoms with Crippen LogP contribution in [0, 0.1) is 5.92 Å². The molecule has 0 radical (unpaired) electrons. The Morgan fingerprint density at radius 1 is 1.38 bits per heavy atom. The summed E-state index contributed by atoms with van der Waals surface area (Å²) in [7, 11) is 0. The minimum Gasteiger partial charge on any atom is -0.126 e. The molecule has 1 heterocycles. The molecule has 1 aliphatic rings. The molecule has 0 nitrogen and oxygen atoms in total. The molecule has 0 amide bonds. The Morgan fingerprint density at radius 3 is 3.00 bits per heavy atom. The third-order valence-electron chi connectivity index (χ3n) is 2.40. The van der Waals surface area contributed by atoms with E-state index in [0.717, 1.165) is 5.92 Å². The number of fused-ring (bicyclic) bond motifs is 1. The van der Waals surface area contributed by atoms with Crippen molar-refractivity contribution in [3.63, 3.8) is 0 Å². The standard InChI is InChI=1S/C12H16S/c1-9(2)7-10-3-4-11-5-6-13-12(11)8-10/h3-4,8-9H,5-7H2,1-2H3. The van der Waals surface area contributed by atoms with Crippen molar-refractivity contribution in [3.8, 4) is 0 Å². The Bertz CT molecular complexity index is 302. The highest BCUT2D eigenvalue weighted by Gasteiger charge is 2.11. The number of hydrogen-bond donors (Lipinski definition) is 0. The van der Waals surface area contributed by atoms with Crippen molar-refractivity contribution in [1.29, 1.82) is 0 Å². The van der Waals surface area contributed by atoms with Crippen molar-refractivity contribution in [2.24, 2.45) is 5.92 Å². The van der Waals surface area contributed by atoms with Crippen molar-refractivity contribution < 1.29 is 0 Å². The molecular formula is C12H16S. The van der Waals surface area contributed by atoms with E-state index >= 15 is 0 Å². The van der Waals surface area contributed by atoms with Gasteiger partial charge in [0.05, 0.1) is 0 Å². The van der Waals surface area contributed by atoms with Gasteiger partial charge in [0, 0.05) is 10.6 Å². The number of aryl methyl sites for hydroxylation is 1. The van der Waals surface area contributed by atoms with Crippen molar-refractivity contribution in [1.82, 2.24) is 0 Å². The van der Waals surface area contributed by atoms with E-state index in [-0.39, 0.29) is 0 Å². The van der Waals surface area contributed by atoms with Crippen LogP contribution in [0.3, 0.4) is 0 Å². The van der Waals surface area contributed by atoms with E-state index in [0.29, 0.717) is 0 Å². The van der Waals surface area contributed by atoms with Crippen LogP contribution < -0.4 is 0 Å². The first kappa shape index (κ1) is 9.14. The lowest BCUT2D eigenvalue weighted by Crippen LogP contribution is -1.94.